The second kappa shape index (κ2) is 11.7. The summed E-state index contributed by atoms with van der Waals surface area (Å²) in [5, 5.41) is 8.20. The summed E-state index contributed by atoms with van der Waals surface area (Å²) in [5.74, 6) is 2.61. The average Bonchev–Trinajstić information content (AvgIpc) is 3.19. The van der Waals surface area contributed by atoms with Crippen LogP contribution in [0, 0.1) is 6.92 Å². The molecule has 0 aliphatic carbocycles. The Morgan fingerprint density at radius 2 is 2.00 bits per heavy atom. The first-order chi connectivity index (χ1) is 14.0. The number of guanidine groups is 1. The normalized spacial score (nSPS) is 14.8. The van der Waals surface area contributed by atoms with Gasteiger partial charge < -0.3 is 19.6 Å². The molecule has 0 unspecified atom stereocenters. The standard InChI is InChI=1S/C21H31ClN6O.HI/c1-5-23-21(24-9-8-19-25-20(15(2)3)26-29-19)28-12-10-27(11-13-28)18-14-17(22)7-6-16(18)4;/h6-7,14-15H,5,8-13H2,1-4H3,(H,23,24);1H. The molecule has 9 heteroatoms. The quantitative estimate of drug-likeness (QED) is 0.334. The van der Waals surface area contributed by atoms with E-state index in [-0.39, 0.29) is 29.9 Å². The van der Waals surface area contributed by atoms with Crippen molar-refractivity contribution in [2.24, 2.45) is 4.99 Å². The second-order valence-electron chi connectivity index (χ2n) is 7.59. The van der Waals surface area contributed by atoms with E-state index in [2.05, 4.69) is 65.1 Å². The van der Waals surface area contributed by atoms with Crippen LogP contribution in [-0.2, 0) is 6.42 Å². The van der Waals surface area contributed by atoms with Gasteiger partial charge in [0.15, 0.2) is 11.8 Å². The molecule has 0 bridgehead atoms. The van der Waals surface area contributed by atoms with Gasteiger partial charge in [0, 0.05) is 55.8 Å². The van der Waals surface area contributed by atoms with E-state index in [1.807, 2.05) is 6.07 Å². The summed E-state index contributed by atoms with van der Waals surface area (Å²) in [6.07, 6.45) is 0.649. The van der Waals surface area contributed by atoms with Crippen molar-refractivity contribution in [3.05, 3.63) is 40.5 Å². The summed E-state index contributed by atoms with van der Waals surface area (Å²) in [6.45, 7) is 13.5. The van der Waals surface area contributed by atoms with E-state index >= 15 is 0 Å². The highest BCUT2D eigenvalue weighted by atomic mass is 127. The number of anilines is 1. The van der Waals surface area contributed by atoms with Crippen molar-refractivity contribution in [3.8, 4) is 0 Å². The number of benzene rings is 1. The molecule has 3 rings (SSSR count). The van der Waals surface area contributed by atoms with Crippen molar-refractivity contribution in [1.29, 1.82) is 0 Å². The first-order valence-corrected chi connectivity index (χ1v) is 10.7. The Kier molecular flexibility index (Phi) is 9.67. The Hall–Kier alpha value is -1.55. The third kappa shape index (κ3) is 6.47. The molecule has 1 aliphatic heterocycles. The summed E-state index contributed by atoms with van der Waals surface area (Å²) in [7, 11) is 0. The molecule has 1 N–H and O–H groups in total. The second-order valence-corrected chi connectivity index (χ2v) is 8.03. The first kappa shape index (κ1) is 24.7. The first-order valence-electron chi connectivity index (χ1n) is 10.3. The van der Waals surface area contributed by atoms with Crippen LogP contribution in [0.4, 0.5) is 5.69 Å². The molecule has 0 radical (unpaired) electrons. The maximum Gasteiger partial charge on any atom is 0.228 e. The fourth-order valence-corrected chi connectivity index (χ4v) is 3.54. The highest BCUT2D eigenvalue weighted by molar-refractivity contribution is 14.0. The van der Waals surface area contributed by atoms with Gasteiger partial charge in [0.1, 0.15) is 0 Å². The van der Waals surface area contributed by atoms with Gasteiger partial charge in [-0.3, -0.25) is 4.99 Å². The molecular formula is C21H32ClIN6O. The molecule has 1 aliphatic rings. The Morgan fingerprint density at radius 1 is 1.27 bits per heavy atom. The Bertz CT molecular complexity index is 833. The van der Waals surface area contributed by atoms with Gasteiger partial charge in [-0.2, -0.15) is 4.98 Å². The van der Waals surface area contributed by atoms with Gasteiger partial charge in [-0.15, -0.1) is 24.0 Å². The van der Waals surface area contributed by atoms with Crippen molar-refractivity contribution in [2.75, 3.05) is 44.2 Å². The lowest BCUT2D eigenvalue weighted by Gasteiger charge is -2.38. The molecule has 166 valence electrons. The van der Waals surface area contributed by atoms with Gasteiger partial charge in [0.25, 0.3) is 0 Å². The van der Waals surface area contributed by atoms with Crippen LogP contribution in [0.3, 0.4) is 0 Å². The van der Waals surface area contributed by atoms with Gasteiger partial charge >= 0.3 is 0 Å². The van der Waals surface area contributed by atoms with Crippen LogP contribution in [0.5, 0.6) is 0 Å². The van der Waals surface area contributed by atoms with E-state index in [9.17, 15) is 0 Å². The maximum absolute atomic E-state index is 6.20. The topological polar surface area (TPSA) is 69.8 Å². The molecule has 0 atom stereocenters. The van der Waals surface area contributed by atoms with Crippen LogP contribution in [0.2, 0.25) is 5.02 Å². The van der Waals surface area contributed by atoms with E-state index in [0.717, 1.165) is 49.5 Å². The molecule has 0 spiro atoms. The highest BCUT2D eigenvalue weighted by Crippen LogP contribution is 2.25. The van der Waals surface area contributed by atoms with Crippen LogP contribution < -0.4 is 10.2 Å². The minimum Gasteiger partial charge on any atom is -0.368 e. The van der Waals surface area contributed by atoms with Gasteiger partial charge in [0.05, 0.1) is 6.54 Å². The largest absolute Gasteiger partial charge is 0.368 e. The Morgan fingerprint density at radius 3 is 2.63 bits per heavy atom. The smallest absolute Gasteiger partial charge is 0.228 e. The van der Waals surface area contributed by atoms with Crippen molar-refractivity contribution >= 4 is 47.2 Å². The third-order valence-corrected chi connectivity index (χ3v) is 5.25. The summed E-state index contributed by atoms with van der Waals surface area (Å²) in [5.41, 5.74) is 2.47. The molecule has 0 amide bonds. The zero-order valence-corrected chi connectivity index (χ0v) is 21.3. The van der Waals surface area contributed by atoms with Crippen LogP contribution in [0.1, 0.15) is 44.0 Å². The van der Waals surface area contributed by atoms with E-state index < -0.39 is 0 Å². The zero-order chi connectivity index (χ0) is 20.8. The molecular weight excluding hydrogens is 515 g/mol. The molecule has 2 heterocycles. The van der Waals surface area contributed by atoms with E-state index in [4.69, 9.17) is 21.1 Å². The number of aromatic nitrogens is 2. The number of hydrogen-bond acceptors (Lipinski definition) is 5. The van der Waals surface area contributed by atoms with E-state index in [1.165, 1.54) is 11.3 Å². The number of piperazine rings is 1. The lowest BCUT2D eigenvalue weighted by molar-refractivity contribution is 0.366. The fraction of sp³-hybridized carbons (Fsp3) is 0.571. The monoisotopic (exact) mass is 546 g/mol. The third-order valence-electron chi connectivity index (χ3n) is 5.01. The number of aryl methyl sites for hydroxylation is 1. The van der Waals surface area contributed by atoms with Gasteiger partial charge in [-0.25, -0.2) is 0 Å². The number of nitrogens with one attached hydrogen (secondary N) is 1. The molecule has 2 aromatic rings. The summed E-state index contributed by atoms with van der Waals surface area (Å²) in [4.78, 5) is 13.9. The lowest BCUT2D eigenvalue weighted by atomic mass is 10.1. The Labute approximate surface area is 201 Å². The molecule has 30 heavy (non-hydrogen) atoms. The lowest BCUT2D eigenvalue weighted by Crippen LogP contribution is -2.52. The number of rotatable bonds is 6. The summed E-state index contributed by atoms with van der Waals surface area (Å²) < 4.78 is 5.32. The minimum absolute atomic E-state index is 0. The predicted octanol–water partition coefficient (Wildman–Crippen LogP) is 4.10. The number of nitrogens with zero attached hydrogens (tertiary/aromatic N) is 5. The van der Waals surface area contributed by atoms with Crippen LogP contribution in [0.25, 0.3) is 0 Å². The van der Waals surface area contributed by atoms with Gasteiger partial charge in [0.2, 0.25) is 5.89 Å². The summed E-state index contributed by atoms with van der Waals surface area (Å²) in [6, 6.07) is 6.08. The van der Waals surface area contributed by atoms with Crippen molar-refractivity contribution in [3.63, 3.8) is 0 Å². The Balaban J connectivity index is 0.00000320. The molecule has 1 aromatic heterocycles. The zero-order valence-electron chi connectivity index (χ0n) is 18.2. The van der Waals surface area contributed by atoms with Crippen LogP contribution in [0.15, 0.2) is 27.7 Å². The van der Waals surface area contributed by atoms with Crippen LogP contribution >= 0.6 is 35.6 Å². The predicted molar refractivity (Wildman–Crippen MR) is 133 cm³/mol. The molecule has 0 saturated carbocycles. The van der Waals surface area contributed by atoms with Crippen molar-refractivity contribution < 1.29 is 4.52 Å². The fourth-order valence-electron chi connectivity index (χ4n) is 3.37. The van der Waals surface area contributed by atoms with E-state index in [1.54, 1.807) is 0 Å². The van der Waals surface area contributed by atoms with Crippen molar-refractivity contribution in [2.45, 2.75) is 40.0 Å². The minimum atomic E-state index is 0. The highest BCUT2D eigenvalue weighted by Gasteiger charge is 2.21. The average molecular weight is 547 g/mol. The molecule has 7 nitrogen and oxygen atoms in total. The van der Waals surface area contributed by atoms with Gasteiger partial charge in [-0.05, 0) is 31.5 Å². The maximum atomic E-state index is 6.20. The SMILES string of the molecule is CCNC(=NCCc1nc(C(C)C)no1)N1CCN(c2cc(Cl)ccc2C)CC1.I. The van der Waals surface area contributed by atoms with Gasteiger partial charge in [-0.1, -0.05) is 36.7 Å². The molecule has 1 saturated heterocycles. The summed E-state index contributed by atoms with van der Waals surface area (Å²) >= 11 is 6.20. The molecule has 1 aromatic carbocycles. The molecule has 1 fully saturated rings. The van der Waals surface area contributed by atoms with E-state index in [0.29, 0.717) is 18.9 Å². The van der Waals surface area contributed by atoms with Crippen molar-refractivity contribution in [1.82, 2.24) is 20.4 Å². The number of aliphatic imine (C=N–C) groups is 1. The van der Waals surface area contributed by atoms with Crippen LogP contribution in [-0.4, -0.2) is 60.3 Å². The number of hydrogen-bond donors (Lipinski definition) is 1. The number of halogens is 2.